The molecule has 0 saturated heterocycles. The number of nitrogens with zero attached hydrogens (tertiary/aromatic N) is 2. The number of ether oxygens (including phenoxy) is 3. The molecule has 4 aromatic carbocycles. The van der Waals surface area contributed by atoms with Crippen LogP contribution >= 0.6 is 0 Å². The number of aromatic nitrogens is 1. The maximum atomic E-state index is 14.1. The van der Waals surface area contributed by atoms with E-state index >= 15 is 0 Å². The van der Waals surface area contributed by atoms with Crippen LogP contribution in [0, 0.1) is 5.82 Å². The maximum absolute atomic E-state index is 14.1. The lowest BCUT2D eigenvalue weighted by atomic mass is 10.1. The Bertz CT molecular complexity index is 1790. The minimum absolute atomic E-state index is 0.0824. The summed E-state index contributed by atoms with van der Waals surface area (Å²) in [6.07, 6.45) is 2.58. The standard InChI is InChI=1S/C35H32FN3O5/c1-42-31-9-5-2-6-27(31)21-38(17-16-26-19-37-30-8-4-3-7-29(26)30)34(40)22-39(20-24-10-13-28(36)14-11-24)35(41)25-12-15-32-33(18-25)44-23-43-32/h2-15,18-19,37H,16-17,20-23H2,1H3. The Labute approximate surface area is 254 Å². The molecule has 0 unspecified atom stereocenters. The molecule has 1 aliphatic rings. The van der Waals surface area contributed by atoms with E-state index in [9.17, 15) is 14.0 Å². The molecule has 0 radical (unpaired) electrons. The van der Waals surface area contributed by atoms with Gasteiger partial charge in [0.25, 0.3) is 5.91 Å². The van der Waals surface area contributed by atoms with Crippen molar-refractivity contribution in [3.8, 4) is 17.2 Å². The molecule has 1 N–H and O–H groups in total. The van der Waals surface area contributed by atoms with Gasteiger partial charge in [0.2, 0.25) is 12.7 Å². The van der Waals surface area contributed by atoms with Crippen molar-refractivity contribution < 1.29 is 28.2 Å². The van der Waals surface area contributed by atoms with Crippen molar-refractivity contribution in [2.75, 3.05) is 27.0 Å². The molecule has 9 heteroatoms. The van der Waals surface area contributed by atoms with Crippen LogP contribution in [0.4, 0.5) is 4.39 Å². The summed E-state index contributed by atoms with van der Waals surface area (Å²) in [5, 5.41) is 1.10. The summed E-state index contributed by atoms with van der Waals surface area (Å²) in [4.78, 5) is 34.5. The summed E-state index contributed by atoms with van der Waals surface area (Å²) in [6, 6.07) is 26.5. The molecule has 0 aliphatic carbocycles. The highest BCUT2D eigenvalue weighted by molar-refractivity contribution is 5.97. The van der Waals surface area contributed by atoms with Gasteiger partial charge in [0.05, 0.1) is 7.11 Å². The number of fused-ring (bicyclic) bond motifs is 2. The number of para-hydroxylation sites is 2. The Hall–Kier alpha value is -5.31. The third kappa shape index (κ3) is 6.36. The fourth-order valence-corrected chi connectivity index (χ4v) is 5.41. The SMILES string of the molecule is COc1ccccc1CN(CCc1c[nH]c2ccccc12)C(=O)CN(Cc1ccc(F)cc1)C(=O)c1ccc2c(c1)OCO2. The number of H-pyrrole nitrogens is 1. The van der Waals surface area contributed by atoms with Crippen molar-refractivity contribution in [3.63, 3.8) is 0 Å². The second kappa shape index (κ2) is 12.9. The highest BCUT2D eigenvalue weighted by Gasteiger charge is 2.25. The second-order valence-corrected chi connectivity index (χ2v) is 10.6. The molecule has 0 spiro atoms. The number of carbonyl (C=O) groups excluding carboxylic acids is 2. The first-order valence-corrected chi connectivity index (χ1v) is 14.4. The van der Waals surface area contributed by atoms with E-state index in [2.05, 4.69) is 11.1 Å². The van der Waals surface area contributed by atoms with Crippen LogP contribution < -0.4 is 14.2 Å². The van der Waals surface area contributed by atoms with Crippen LogP contribution in [-0.4, -0.2) is 53.6 Å². The van der Waals surface area contributed by atoms with Gasteiger partial charge in [0.15, 0.2) is 11.5 Å². The minimum Gasteiger partial charge on any atom is -0.496 e. The lowest BCUT2D eigenvalue weighted by Gasteiger charge is -2.28. The first-order chi connectivity index (χ1) is 21.5. The number of hydrogen-bond donors (Lipinski definition) is 1. The van der Waals surface area contributed by atoms with Crippen molar-refractivity contribution in [2.45, 2.75) is 19.5 Å². The van der Waals surface area contributed by atoms with Crippen LogP contribution in [0.25, 0.3) is 10.9 Å². The molecule has 5 aromatic rings. The van der Waals surface area contributed by atoms with Gasteiger partial charge in [-0.1, -0.05) is 48.5 Å². The molecular formula is C35H32FN3O5. The van der Waals surface area contributed by atoms with Crippen molar-refractivity contribution in [3.05, 3.63) is 125 Å². The van der Waals surface area contributed by atoms with Gasteiger partial charge in [0.1, 0.15) is 18.1 Å². The number of rotatable bonds is 11. The summed E-state index contributed by atoms with van der Waals surface area (Å²) in [5.41, 5.74) is 4.04. The second-order valence-electron chi connectivity index (χ2n) is 10.6. The Kier molecular flexibility index (Phi) is 8.45. The molecule has 0 atom stereocenters. The quantitative estimate of drug-likeness (QED) is 0.204. The van der Waals surface area contributed by atoms with E-state index < -0.39 is 0 Å². The summed E-state index contributed by atoms with van der Waals surface area (Å²) in [7, 11) is 1.60. The van der Waals surface area contributed by atoms with Crippen molar-refractivity contribution >= 4 is 22.7 Å². The zero-order valence-corrected chi connectivity index (χ0v) is 24.3. The van der Waals surface area contributed by atoms with Crippen LogP contribution in [0.3, 0.4) is 0 Å². The van der Waals surface area contributed by atoms with Crippen molar-refractivity contribution in [2.24, 2.45) is 0 Å². The first-order valence-electron chi connectivity index (χ1n) is 14.4. The van der Waals surface area contributed by atoms with Crippen LogP contribution in [-0.2, 0) is 24.3 Å². The van der Waals surface area contributed by atoms with Gasteiger partial charge in [-0.15, -0.1) is 0 Å². The molecule has 1 aliphatic heterocycles. The zero-order chi connectivity index (χ0) is 30.5. The number of nitrogens with one attached hydrogen (secondary N) is 1. The molecule has 44 heavy (non-hydrogen) atoms. The van der Waals surface area contributed by atoms with Gasteiger partial charge >= 0.3 is 0 Å². The van der Waals surface area contributed by atoms with E-state index in [1.807, 2.05) is 48.7 Å². The third-order valence-electron chi connectivity index (χ3n) is 7.75. The highest BCUT2D eigenvalue weighted by Crippen LogP contribution is 2.33. The lowest BCUT2D eigenvalue weighted by Crippen LogP contribution is -2.43. The molecule has 8 nitrogen and oxygen atoms in total. The normalized spacial score (nSPS) is 11.9. The monoisotopic (exact) mass is 593 g/mol. The highest BCUT2D eigenvalue weighted by atomic mass is 19.1. The summed E-state index contributed by atoms with van der Waals surface area (Å²) in [6.45, 7) is 0.728. The lowest BCUT2D eigenvalue weighted by molar-refractivity contribution is -0.132. The summed E-state index contributed by atoms with van der Waals surface area (Å²) in [5.74, 6) is 0.751. The Morgan fingerprint density at radius 3 is 2.48 bits per heavy atom. The predicted molar refractivity (Wildman–Crippen MR) is 164 cm³/mol. The number of halogens is 1. The van der Waals surface area contributed by atoms with Crippen LogP contribution in [0.2, 0.25) is 0 Å². The van der Waals surface area contributed by atoms with E-state index in [0.29, 0.717) is 47.9 Å². The largest absolute Gasteiger partial charge is 0.496 e. The Balaban J connectivity index is 1.28. The van der Waals surface area contributed by atoms with Gasteiger partial charge < -0.3 is 29.0 Å². The molecule has 224 valence electrons. The van der Waals surface area contributed by atoms with E-state index in [1.165, 1.54) is 17.0 Å². The van der Waals surface area contributed by atoms with Gasteiger partial charge in [-0.2, -0.15) is 0 Å². The molecule has 0 saturated carbocycles. The predicted octanol–water partition coefficient (Wildman–Crippen LogP) is 5.96. The van der Waals surface area contributed by atoms with E-state index in [0.717, 1.165) is 22.0 Å². The van der Waals surface area contributed by atoms with Crippen molar-refractivity contribution in [1.82, 2.24) is 14.8 Å². The number of aromatic amines is 1. The third-order valence-corrected chi connectivity index (χ3v) is 7.75. The summed E-state index contributed by atoms with van der Waals surface area (Å²) >= 11 is 0. The smallest absolute Gasteiger partial charge is 0.254 e. The summed E-state index contributed by atoms with van der Waals surface area (Å²) < 4.78 is 30.1. The zero-order valence-electron chi connectivity index (χ0n) is 24.3. The van der Waals surface area contributed by atoms with Crippen LogP contribution in [0.5, 0.6) is 17.2 Å². The van der Waals surface area contributed by atoms with Gasteiger partial charge in [-0.3, -0.25) is 9.59 Å². The fourth-order valence-electron chi connectivity index (χ4n) is 5.41. The molecule has 0 fully saturated rings. The van der Waals surface area contributed by atoms with E-state index in [1.54, 1.807) is 42.3 Å². The number of carbonyl (C=O) groups is 2. The molecule has 2 amide bonds. The Morgan fingerprint density at radius 2 is 1.64 bits per heavy atom. The van der Waals surface area contributed by atoms with E-state index in [-0.39, 0.29) is 37.5 Å². The van der Waals surface area contributed by atoms with Gasteiger partial charge in [0, 0.05) is 47.9 Å². The molecule has 2 heterocycles. The van der Waals surface area contributed by atoms with Crippen molar-refractivity contribution in [1.29, 1.82) is 0 Å². The molecule has 1 aromatic heterocycles. The van der Waals surface area contributed by atoms with E-state index in [4.69, 9.17) is 14.2 Å². The number of hydrogen-bond acceptors (Lipinski definition) is 5. The molecule has 6 rings (SSSR count). The first kappa shape index (κ1) is 28.8. The van der Waals surface area contributed by atoms with Crippen LogP contribution in [0.15, 0.2) is 97.2 Å². The number of methoxy groups -OCH3 is 1. The van der Waals surface area contributed by atoms with Crippen LogP contribution in [0.1, 0.15) is 27.0 Å². The maximum Gasteiger partial charge on any atom is 0.254 e. The Morgan fingerprint density at radius 1 is 0.864 bits per heavy atom. The topological polar surface area (TPSA) is 84.1 Å². The van der Waals surface area contributed by atoms with Gasteiger partial charge in [-0.05, 0) is 60.0 Å². The average Bonchev–Trinajstić information content (AvgIpc) is 3.70. The number of amides is 2. The van der Waals surface area contributed by atoms with Gasteiger partial charge in [-0.25, -0.2) is 4.39 Å². The average molecular weight is 594 g/mol. The molecule has 0 bridgehead atoms. The number of benzene rings is 4. The minimum atomic E-state index is -0.376. The molecular weight excluding hydrogens is 561 g/mol. The fraction of sp³-hybridized carbons (Fsp3) is 0.200.